The maximum absolute atomic E-state index is 5.75. The van der Waals surface area contributed by atoms with Gasteiger partial charge in [-0.05, 0) is 29.1 Å². The average molecular weight is 321 g/mol. The summed E-state index contributed by atoms with van der Waals surface area (Å²) in [7, 11) is 0. The summed E-state index contributed by atoms with van der Waals surface area (Å²) < 4.78 is 2.35. The number of hydrogen-bond donors (Lipinski definition) is 1. The van der Waals surface area contributed by atoms with Crippen molar-refractivity contribution in [3.63, 3.8) is 0 Å². The van der Waals surface area contributed by atoms with Gasteiger partial charge in [0.05, 0.1) is 5.00 Å². The molecule has 0 radical (unpaired) electrons. The molecule has 13 heavy (non-hydrogen) atoms. The van der Waals surface area contributed by atoms with Gasteiger partial charge in [0.15, 0.2) is 0 Å². The highest BCUT2D eigenvalue weighted by atomic mass is 79.9. The highest BCUT2D eigenvalue weighted by Crippen LogP contribution is 2.33. The summed E-state index contributed by atoms with van der Waals surface area (Å²) in [6, 6.07) is 6.24. The minimum absolute atomic E-state index is 0.860. The zero-order chi connectivity index (χ0) is 9.42. The summed E-state index contributed by atoms with van der Waals surface area (Å²) >= 11 is 8.57. The molecule has 0 aliphatic heterocycles. The van der Waals surface area contributed by atoms with Crippen molar-refractivity contribution in [1.29, 1.82) is 0 Å². The van der Waals surface area contributed by atoms with Crippen LogP contribution in [0.4, 0.5) is 5.00 Å². The molecule has 0 atom stereocenters. The van der Waals surface area contributed by atoms with Gasteiger partial charge in [-0.3, -0.25) is 0 Å². The predicted molar refractivity (Wildman–Crippen MR) is 66.6 cm³/mol. The molecule has 1 nitrogen and oxygen atoms in total. The van der Waals surface area contributed by atoms with E-state index in [1.54, 1.807) is 11.3 Å². The molecule has 1 aromatic carbocycles. The van der Waals surface area contributed by atoms with Crippen molar-refractivity contribution in [2.75, 3.05) is 5.73 Å². The topological polar surface area (TPSA) is 26.0 Å². The molecule has 0 aliphatic rings. The number of halogens is 2. The Labute approximate surface area is 97.2 Å². The van der Waals surface area contributed by atoms with E-state index in [0.29, 0.717) is 0 Å². The molecule has 2 aromatic rings. The van der Waals surface area contributed by atoms with E-state index < -0.39 is 0 Å². The van der Waals surface area contributed by atoms with Crippen LogP contribution < -0.4 is 5.73 Å². The molecule has 2 N–H and O–H groups in total. The van der Waals surface area contributed by atoms with Gasteiger partial charge in [-0.2, -0.15) is 0 Å². The van der Waals surface area contributed by atoms with Crippen LogP contribution in [0, 0.1) is 0 Å². The molecular formula is C9H7Br2NS. The first-order valence-corrected chi connectivity index (χ1v) is 6.47. The SMILES string of the molecule is Nc1cc2c(CBr)cc(Br)cc2s1. The van der Waals surface area contributed by atoms with E-state index in [4.69, 9.17) is 5.73 Å². The van der Waals surface area contributed by atoms with Crippen LogP contribution in [-0.2, 0) is 5.33 Å². The lowest BCUT2D eigenvalue weighted by molar-refractivity contribution is 1.49. The fraction of sp³-hybridized carbons (Fsp3) is 0.111. The Kier molecular flexibility index (Phi) is 2.62. The van der Waals surface area contributed by atoms with E-state index in [1.165, 1.54) is 15.6 Å². The second-order valence-electron chi connectivity index (χ2n) is 2.76. The number of anilines is 1. The number of alkyl halides is 1. The van der Waals surface area contributed by atoms with Gasteiger partial charge in [0.2, 0.25) is 0 Å². The van der Waals surface area contributed by atoms with Crippen LogP contribution >= 0.6 is 43.2 Å². The molecule has 1 heterocycles. The second kappa shape index (κ2) is 3.59. The second-order valence-corrected chi connectivity index (χ2v) is 5.35. The Morgan fingerprint density at radius 2 is 2.08 bits per heavy atom. The molecule has 68 valence electrons. The Balaban J connectivity index is 2.80. The standard InChI is InChI=1S/C9H7Br2NS/c10-4-5-1-6(11)2-8-7(5)3-9(12)13-8/h1-3H,4,12H2. The van der Waals surface area contributed by atoms with Crippen molar-refractivity contribution in [2.24, 2.45) is 0 Å². The third-order valence-corrected chi connectivity index (χ3v) is 3.82. The lowest BCUT2D eigenvalue weighted by Gasteiger charge is -1.98. The molecule has 0 saturated heterocycles. The molecule has 1 aromatic heterocycles. The van der Waals surface area contributed by atoms with Gasteiger partial charge in [-0.25, -0.2) is 0 Å². The number of benzene rings is 1. The van der Waals surface area contributed by atoms with Gasteiger partial charge >= 0.3 is 0 Å². The quantitative estimate of drug-likeness (QED) is 0.785. The van der Waals surface area contributed by atoms with E-state index in [0.717, 1.165) is 14.8 Å². The maximum atomic E-state index is 5.75. The number of rotatable bonds is 1. The molecule has 0 bridgehead atoms. The van der Waals surface area contributed by atoms with Crippen LogP contribution in [0.1, 0.15) is 5.56 Å². The van der Waals surface area contributed by atoms with Crippen LogP contribution in [-0.4, -0.2) is 0 Å². The van der Waals surface area contributed by atoms with Gasteiger partial charge < -0.3 is 5.73 Å². The number of nitrogens with two attached hydrogens (primary N) is 1. The fourth-order valence-electron chi connectivity index (χ4n) is 1.30. The number of fused-ring (bicyclic) bond motifs is 1. The van der Waals surface area contributed by atoms with Gasteiger partial charge in [-0.15, -0.1) is 11.3 Å². The van der Waals surface area contributed by atoms with Crippen molar-refractivity contribution in [2.45, 2.75) is 5.33 Å². The van der Waals surface area contributed by atoms with Crippen LogP contribution in [0.5, 0.6) is 0 Å². The molecular weight excluding hydrogens is 314 g/mol. The summed E-state index contributed by atoms with van der Waals surface area (Å²) in [6.45, 7) is 0. The van der Waals surface area contributed by atoms with Crippen molar-refractivity contribution >= 4 is 58.3 Å². The van der Waals surface area contributed by atoms with Gasteiger partial charge in [0.25, 0.3) is 0 Å². The zero-order valence-electron chi connectivity index (χ0n) is 6.68. The Bertz CT molecular complexity index is 450. The maximum Gasteiger partial charge on any atom is 0.0868 e. The molecule has 0 amide bonds. The van der Waals surface area contributed by atoms with E-state index in [2.05, 4.69) is 44.0 Å². The van der Waals surface area contributed by atoms with Crippen LogP contribution in [0.25, 0.3) is 10.1 Å². The van der Waals surface area contributed by atoms with E-state index >= 15 is 0 Å². The summed E-state index contributed by atoms with van der Waals surface area (Å²) in [5.41, 5.74) is 7.03. The van der Waals surface area contributed by atoms with Crippen LogP contribution in [0.15, 0.2) is 22.7 Å². The largest absolute Gasteiger partial charge is 0.391 e. The first kappa shape index (κ1) is 9.49. The number of nitrogen functional groups attached to an aromatic ring is 1. The van der Waals surface area contributed by atoms with E-state index in [-0.39, 0.29) is 0 Å². The van der Waals surface area contributed by atoms with E-state index in [9.17, 15) is 0 Å². The summed E-state index contributed by atoms with van der Waals surface area (Å²) in [6.07, 6.45) is 0. The summed E-state index contributed by atoms with van der Waals surface area (Å²) in [4.78, 5) is 0. The first-order valence-electron chi connectivity index (χ1n) is 3.74. The Hall–Kier alpha value is -0.0600. The molecule has 0 unspecified atom stereocenters. The molecule has 0 saturated carbocycles. The Morgan fingerprint density at radius 3 is 2.77 bits per heavy atom. The molecule has 0 aliphatic carbocycles. The van der Waals surface area contributed by atoms with Gasteiger partial charge in [-0.1, -0.05) is 31.9 Å². The molecule has 4 heteroatoms. The lowest BCUT2D eigenvalue weighted by Crippen LogP contribution is -1.78. The fourth-order valence-corrected chi connectivity index (χ4v) is 3.34. The number of hydrogen-bond acceptors (Lipinski definition) is 2. The van der Waals surface area contributed by atoms with Crippen molar-refractivity contribution in [3.8, 4) is 0 Å². The van der Waals surface area contributed by atoms with Crippen LogP contribution in [0.3, 0.4) is 0 Å². The highest BCUT2D eigenvalue weighted by Gasteiger charge is 2.05. The van der Waals surface area contributed by atoms with Gasteiger partial charge in [0.1, 0.15) is 0 Å². The van der Waals surface area contributed by atoms with Crippen molar-refractivity contribution in [1.82, 2.24) is 0 Å². The normalized spacial score (nSPS) is 10.9. The Morgan fingerprint density at radius 1 is 1.31 bits per heavy atom. The molecule has 0 fully saturated rings. The van der Waals surface area contributed by atoms with E-state index in [1.807, 2.05) is 6.07 Å². The average Bonchev–Trinajstić information content (AvgIpc) is 2.43. The number of thiophene rings is 1. The minimum atomic E-state index is 0.860. The predicted octanol–water partition coefficient (Wildman–Crippen LogP) is 4.14. The van der Waals surface area contributed by atoms with Crippen LogP contribution in [0.2, 0.25) is 0 Å². The molecule has 0 spiro atoms. The highest BCUT2D eigenvalue weighted by molar-refractivity contribution is 9.10. The first-order chi connectivity index (χ1) is 6.20. The summed E-state index contributed by atoms with van der Waals surface area (Å²) in [5, 5.41) is 2.98. The lowest BCUT2D eigenvalue weighted by atomic mass is 10.1. The smallest absolute Gasteiger partial charge is 0.0868 e. The molecule has 2 rings (SSSR count). The third-order valence-electron chi connectivity index (χ3n) is 1.85. The third kappa shape index (κ3) is 1.75. The monoisotopic (exact) mass is 319 g/mol. The van der Waals surface area contributed by atoms with Crippen molar-refractivity contribution < 1.29 is 0 Å². The zero-order valence-corrected chi connectivity index (χ0v) is 10.7. The van der Waals surface area contributed by atoms with Gasteiger partial charge in [0, 0.05) is 14.5 Å². The summed E-state index contributed by atoms with van der Waals surface area (Å²) in [5.74, 6) is 0. The minimum Gasteiger partial charge on any atom is -0.391 e. The van der Waals surface area contributed by atoms with Crippen molar-refractivity contribution in [3.05, 3.63) is 28.2 Å².